The lowest BCUT2D eigenvalue weighted by molar-refractivity contribution is 0.0652. The first-order chi connectivity index (χ1) is 6.77. The Hall–Kier alpha value is -1.88. The number of carbonyl (C=O) groups is 1. The van der Waals surface area contributed by atoms with E-state index in [1.165, 1.54) is 6.07 Å². The van der Waals surface area contributed by atoms with Crippen molar-refractivity contribution in [2.24, 2.45) is 0 Å². The van der Waals surface area contributed by atoms with Crippen LogP contribution >= 0.6 is 12.4 Å². The zero-order valence-electron chi connectivity index (χ0n) is 7.45. The second-order valence-corrected chi connectivity index (χ2v) is 2.60. The number of rotatable bonds is 2. The predicted octanol–water partition coefficient (Wildman–Crippen LogP) is 1.86. The van der Waals surface area contributed by atoms with Gasteiger partial charge in [0.15, 0.2) is 0 Å². The highest BCUT2D eigenvalue weighted by Gasteiger charge is 2.12. The first-order valence-corrected chi connectivity index (χ1v) is 3.89. The monoisotopic (exact) mass is 226 g/mol. The van der Waals surface area contributed by atoms with Crippen LogP contribution in [0.25, 0.3) is 11.4 Å². The van der Waals surface area contributed by atoms with Crippen LogP contribution in [0, 0.1) is 0 Å². The van der Waals surface area contributed by atoms with E-state index in [1.54, 1.807) is 24.4 Å². The van der Waals surface area contributed by atoms with Crippen LogP contribution in [-0.2, 0) is 0 Å². The van der Waals surface area contributed by atoms with Gasteiger partial charge >= 0.3 is 5.97 Å². The van der Waals surface area contributed by atoms with E-state index in [0.29, 0.717) is 11.4 Å². The summed E-state index contributed by atoms with van der Waals surface area (Å²) >= 11 is 0. The standard InChI is InChI=1S/C9H6N2O3.ClH/c12-9(13)8-5-7(11-14-8)6-3-1-2-4-10-6;/h1-5H,(H,12,13);1H. The van der Waals surface area contributed by atoms with Crippen LogP contribution in [0.2, 0.25) is 0 Å². The number of hydrogen-bond acceptors (Lipinski definition) is 4. The van der Waals surface area contributed by atoms with Gasteiger partial charge in [-0.1, -0.05) is 11.2 Å². The molecule has 5 nitrogen and oxygen atoms in total. The molecule has 0 aliphatic carbocycles. The van der Waals surface area contributed by atoms with Crippen LogP contribution in [0.1, 0.15) is 10.6 Å². The molecule has 0 aliphatic rings. The molecule has 2 aromatic heterocycles. The number of halogens is 1. The first kappa shape index (κ1) is 11.2. The first-order valence-electron chi connectivity index (χ1n) is 3.89. The molecule has 0 aromatic carbocycles. The number of nitrogens with zero attached hydrogens (tertiary/aromatic N) is 2. The van der Waals surface area contributed by atoms with E-state index in [0.717, 1.165) is 0 Å². The Morgan fingerprint density at radius 2 is 2.13 bits per heavy atom. The van der Waals surface area contributed by atoms with E-state index in [9.17, 15) is 4.79 Å². The number of aromatic nitrogens is 2. The zero-order valence-corrected chi connectivity index (χ0v) is 8.27. The molecule has 0 saturated carbocycles. The molecule has 2 aromatic rings. The van der Waals surface area contributed by atoms with Crippen molar-refractivity contribution >= 4 is 18.4 Å². The van der Waals surface area contributed by atoms with Crippen molar-refractivity contribution in [3.05, 3.63) is 36.2 Å². The highest BCUT2D eigenvalue weighted by atomic mass is 35.5. The lowest BCUT2D eigenvalue weighted by Gasteiger charge is -1.89. The fourth-order valence-corrected chi connectivity index (χ4v) is 1.01. The largest absolute Gasteiger partial charge is 0.475 e. The van der Waals surface area contributed by atoms with Gasteiger partial charge in [-0.15, -0.1) is 12.4 Å². The van der Waals surface area contributed by atoms with E-state index < -0.39 is 5.97 Å². The topological polar surface area (TPSA) is 76.2 Å². The molecule has 1 N–H and O–H groups in total. The van der Waals surface area contributed by atoms with Gasteiger partial charge < -0.3 is 9.63 Å². The molecule has 15 heavy (non-hydrogen) atoms. The number of aromatic carboxylic acids is 1. The quantitative estimate of drug-likeness (QED) is 0.846. The Morgan fingerprint density at radius 3 is 2.67 bits per heavy atom. The molecule has 0 radical (unpaired) electrons. The van der Waals surface area contributed by atoms with Crippen molar-refractivity contribution in [3.63, 3.8) is 0 Å². The van der Waals surface area contributed by atoms with Gasteiger partial charge in [0, 0.05) is 12.3 Å². The van der Waals surface area contributed by atoms with E-state index >= 15 is 0 Å². The number of carboxylic acid groups (broad SMARTS) is 1. The average Bonchev–Trinajstić information content (AvgIpc) is 2.68. The molecule has 2 rings (SSSR count). The molecular formula is C9H7ClN2O3. The second-order valence-electron chi connectivity index (χ2n) is 2.60. The second kappa shape index (κ2) is 4.56. The molecule has 0 spiro atoms. The Bertz CT molecular complexity index is 455. The molecule has 0 saturated heterocycles. The summed E-state index contributed by atoms with van der Waals surface area (Å²) < 4.78 is 4.59. The van der Waals surface area contributed by atoms with Crippen LogP contribution in [0.15, 0.2) is 35.0 Å². The molecule has 0 amide bonds. The van der Waals surface area contributed by atoms with Crippen LogP contribution in [0.3, 0.4) is 0 Å². The summed E-state index contributed by atoms with van der Waals surface area (Å²) in [5.41, 5.74) is 1.01. The summed E-state index contributed by atoms with van der Waals surface area (Å²) in [4.78, 5) is 14.5. The third-order valence-electron chi connectivity index (χ3n) is 1.65. The van der Waals surface area contributed by atoms with E-state index in [1.807, 2.05) is 0 Å². The third kappa shape index (κ3) is 2.32. The van der Waals surface area contributed by atoms with Crippen molar-refractivity contribution in [1.82, 2.24) is 10.1 Å². The normalized spacial score (nSPS) is 9.33. The zero-order chi connectivity index (χ0) is 9.97. The van der Waals surface area contributed by atoms with Gasteiger partial charge in [0.1, 0.15) is 5.69 Å². The van der Waals surface area contributed by atoms with Crippen molar-refractivity contribution in [3.8, 4) is 11.4 Å². The molecule has 0 atom stereocenters. The molecule has 0 aliphatic heterocycles. The van der Waals surface area contributed by atoms with E-state index in [4.69, 9.17) is 5.11 Å². The van der Waals surface area contributed by atoms with Gasteiger partial charge in [-0.05, 0) is 12.1 Å². The molecule has 0 bridgehead atoms. The van der Waals surface area contributed by atoms with Gasteiger partial charge in [-0.2, -0.15) is 0 Å². The van der Waals surface area contributed by atoms with Gasteiger partial charge in [0.2, 0.25) is 5.76 Å². The van der Waals surface area contributed by atoms with Crippen molar-refractivity contribution in [1.29, 1.82) is 0 Å². The fraction of sp³-hybridized carbons (Fsp3) is 0. The van der Waals surface area contributed by atoms with Gasteiger partial charge in [-0.25, -0.2) is 4.79 Å². The minimum Gasteiger partial charge on any atom is -0.475 e. The Balaban J connectivity index is 0.00000112. The molecule has 6 heteroatoms. The SMILES string of the molecule is Cl.O=C(O)c1cc(-c2ccccn2)no1. The Morgan fingerprint density at radius 1 is 1.33 bits per heavy atom. The minimum absolute atomic E-state index is 0. The smallest absolute Gasteiger partial charge is 0.374 e. The maximum absolute atomic E-state index is 10.5. The summed E-state index contributed by atoms with van der Waals surface area (Å²) in [5.74, 6) is -1.33. The summed E-state index contributed by atoms with van der Waals surface area (Å²) in [6, 6.07) is 6.62. The van der Waals surface area contributed by atoms with E-state index in [2.05, 4.69) is 14.7 Å². The minimum atomic E-state index is -1.14. The molecule has 0 fully saturated rings. The molecule has 2 heterocycles. The fourth-order valence-electron chi connectivity index (χ4n) is 1.01. The van der Waals surface area contributed by atoms with Crippen LogP contribution in [0.5, 0.6) is 0 Å². The van der Waals surface area contributed by atoms with E-state index in [-0.39, 0.29) is 18.2 Å². The summed E-state index contributed by atoms with van der Waals surface area (Å²) in [6.07, 6.45) is 1.60. The van der Waals surface area contributed by atoms with Gasteiger partial charge in [0.05, 0.1) is 5.69 Å². The van der Waals surface area contributed by atoms with Gasteiger partial charge in [-0.3, -0.25) is 4.98 Å². The van der Waals surface area contributed by atoms with Crippen LogP contribution < -0.4 is 0 Å². The van der Waals surface area contributed by atoms with Crippen LogP contribution in [0.4, 0.5) is 0 Å². The summed E-state index contributed by atoms with van der Waals surface area (Å²) in [6.45, 7) is 0. The third-order valence-corrected chi connectivity index (χ3v) is 1.65. The number of hydrogen-bond donors (Lipinski definition) is 1. The number of pyridine rings is 1. The average molecular weight is 227 g/mol. The Labute approximate surface area is 91.1 Å². The maximum Gasteiger partial charge on any atom is 0.374 e. The van der Waals surface area contributed by atoms with Crippen molar-refractivity contribution < 1.29 is 14.4 Å². The number of carboxylic acids is 1. The predicted molar refractivity (Wildman–Crippen MR) is 53.9 cm³/mol. The maximum atomic E-state index is 10.5. The lowest BCUT2D eigenvalue weighted by atomic mass is 10.2. The van der Waals surface area contributed by atoms with Crippen LogP contribution in [-0.4, -0.2) is 21.2 Å². The van der Waals surface area contributed by atoms with Crippen molar-refractivity contribution in [2.45, 2.75) is 0 Å². The highest BCUT2D eigenvalue weighted by Crippen LogP contribution is 2.15. The summed E-state index contributed by atoms with van der Waals surface area (Å²) in [5, 5.41) is 12.2. The molecule has 0 unspecified atom stereocenters. The highest BCUT2D eigenvalue weighted by molar-refractivity contribution is 5.85. The van der Waals surface area contributed by atoms with Gasteiger partial charge in [0.25, 0.3) is 0 Å². The Kier molecular flexibility index (Phi) is 3.41. The van der Waals surface area contributed by atoms with Crippen molar-refractivity contribution in [2.75, 3.05) is 0 Å². The lowest BCUT2D eigenvalue weighted by Crippen LogP contribution is -1.91. The molecule has 78 valence electrons. The summed E-state index contributed by atoms with van der Waals surface area (Å²) in [7, 11) is 0. The molecular weight excluding hydrogens is 220 g/mol.